The topological polar surface area (TPSA) is 99.1 Å². The molecule has 0 aliphatic carbocycles. The van der Waals surface area contributed by atoms with Crippen LogP contribution in [-0.2, 0) is 0 Å². The van der Waals surface area contributed by atoms with Gasteiger partial charge >= 0.3 is 5.76 Å². The number of aryl methyl sites for hydroxylation is 2. The third kappa shape index (κ3) is 3.84. The van der Waals surface area contributed by atoms with Gasteiger partial charge in [0.05, 0.1) is 5.52 Å². The highest BCUT2D eigenvalue weighted by Gasteiger charge is 2.10. The Morgan fingerprint density at radius 2 is 1.80 bits per heavy atom. The molecule has 2 heterocycles. The number of anilines is 5. The maximum absolute atomic E-state index is 11.4. The van der Waals surface area contributed by atoms with Crippen molar-refractivity contribution in [2.45, 2.75) is 20.8 Å². The highest BCUT2D eigenvalue weighted by atomic mass is 16.4. The van der Waals surface area contributed by atoms with Crippen LogP contribution in [0.3, 0.4) is 0 Å². The van der Waals surface area contributed by atoms with Crippen LogP contribution < -0.4 is 21.3 Å². The zero-order valence-corrected chi connectivity index (χ0v) is 17.6. The van der Waals surface area contributed by atoms with E-state index in [1.165, 1.54) is 11.1 Å². The molecule has 0 amide bonds. The highest BCUT2D eigenvalue weighted by molar-refractivity contribution is 5.78. The lowest BCUT2D eigenvalue weighted by atomic mass is 10.1. The number of aromatic nitrogens is 3. The molecule has 154 valence electrons. The fourth-order valence-corrected chi connectivity index (χ4v) is 3.30. The molecule has 0 atom stereocenters. The van der Waals surface area contributed by atoms with E-state index in [1.807, 2.05) is 33.2 Å². The Morgan fingerprint density at radius 1 is 1.00 bits per heavy atom. The van der Waals surface area contributed by atoms with Gasteiger partial charge in [0.15, 0.2) is 5.58 Å². The molecule has 8 nitrogen and oxygen atoms in total. The number of nitrogens with one attached hydrogen (secondary N) is 3. The Kier molecular flexibility index (Phi) is 4.91. The average molecular weight is 404 g/mol. The van der Waals surface area contributed by atoms with Crippen molar-refractivity contribution in [3.05, 3.63) is 63.8 Å². The Balaban J connectivity index is 1.62. The third-order valence-electron chi connectivity index (χ3n) is 5.03. The number of hydrogen-bond acceptors (Lipinski definition) is 7. The van der Waals surface area contributed by atoms with Gasteiger partial charge in [-0.1, -0.05) is 0 Å². The fraction of sp³-hybridized carbons (Fsp3) is 0.227. The first-order chi connectivity index (χ1) is 14.3. The van der Waals surface area contributed by atoms with Gasteiger partial charge in [0.2, 0.25) is 5.95 Å². The molecule has 0 saturated heterocycles. The van der Waals surface area contributed by atoms with Crippen LogP contribution in [0.4, 0.5) is 28.8 Å². The Bertz CT molecular complexity index is 1290. The summed E-state index contributed by atoms with van der Waals surface area (Å²) in [7, 11) is 4.06. The standard InChI is InChI=1S/C22H24N6O2/c1-12-8-16(10-18(14(12)3)28(4)5)25-21-23-11-13(2)20(27-21)24-15-6-7-19-17(9-15)26-22(29)30-19/h6-11H,1-5H3,(H,26,29)(H2,23,24,25,27). The van der Waals surface area contributed by atoms with Crippen LogP contribution in [0.1, 0.15) is 16.7 Å². The monoisotopic (exact) mass is 404 g/mol. The van der Waals surface area contributed by atoms with E-state index in [9.17, 15) is 4.79 Å². The van der Waals surface area contributed by atoms with Crippen molar-refractivity contribution in [3.8, 4) is 0 Å². The number of aromatic amines is 1. The number of nitrogens with zero attached hydrogens (tertiary/aromatic N) is 3. The number of oxazole rings is 1. The molecule has 2 aromatic heterocycles. The van der Waals surface area contributed by atoms with Gasteiger partial charge in [-0.3, -0.25) is 4.98 Å². The first kappa shape index (κ1) is 19.5. The molecule has 0 aliphatic heterocycles. The second-order valence-electron chi connectivity index (χ2n) is 7.53. The fourth-order valence-electron chi connectivity index (χ4n) is 3.30. The van der Waals surface area contributed by atoms with Crippen molar-refractivity contribution in [1.29, 1.82) is 0 Å². The second kappa shape index (κ2) is 7.55. The molecule has 4 rings (SSSR count). The van der Waals surface area contributed by atoms with Gasteiger partial charge in [0, 0.05) is 42.9 Å². The summed E-state index contributed by atoms with van der Waals surface area (Å²) < 4.78 is 5.05. The van der Waals surface area contributed by atoms with E-state index in [0.717, 1.165) is 22.6 Å². The lowest BCUT2D eigenvalue weighted by Crippen LogP contribution is -2.11. The molecular formula is C22H24N6O2. The number of rotatable bonds is 5. The predicted molar refractivity (Wildman–Crippen MR) is 120 cm³/mol. The predicted octanol–water partition coefficient (Wildman–Crippen LogP) is 4.39. The number of hydrogen-bond donors (Lipinski definition) is 3. The third-order valence-corrected chi connectivity index (χ3v) is 5.03. The smallest absolute Gasteiger partial charge is 0.408 e. The van der Waals surface area contributed by atoms with Gasteiger partial charge in [-0.25, -0.2) is 9.78 Å². The molecular weight excluding hydrogens is 380 g/mol. The number of benzene rings is 2. The van der Waals surface area contributed by atoms with E-state index < -0.39 is 5.76 Å². The summed E-state index contributed by atoms with van der Waals surface area (Å²) in [6.07, 6.45) is 1.77. The molecule has 2 aromatic carbocycles. The summed E-state index contributed by atoms with van der Waals surface area (Å²) in [5.74, 6) is 0.695. The Hall–Kier alpha value is -3.81. The molecule has 4 aromatic rings. The van der Waals surface area contributed by atoms with Crippen LogP contribution in [0, 0.1) is 20.8 Å². The van der Waals surface area contributed by atoms with Crippen LogP contribution in [-0.4, -0.2) is 29.0 Å². The molecule has 0 spiro atoms. The van der Waals surface area contributed by atoms with Crippen molar-refractivity contribution >= 4 is 39.9 Å². The van der Waals surface area contributed by atoms with E-state index in [1.54, 1.807) is 12.3 Å². The van der Waals surface area contributed by atoms with Crippen molar-refractivity contribution in [2.24, 2.45) is 0 Å². The van der Waals surface area contributed by atoms with Crippen molar-refractivity contribution in [1.82, 2.24) is 15.0 Å². The van der Waals surface area contributed by atoms with Gasteiger partial charge in [-0.2, -0.15) is 4.98 Å². The van der Waals surface area contributed by atoms with Crippen LogP contribution >= 0.6 is 0 Å². The lowest BCUT2D eigenvalue weighted by molar-refractivity contribution is 0.555. The van der Waals surface area contributed by atoms with Gasteiger partial charge in [0.1, 0.15) is 5.82 Å². The van der Waals surface area contributed by atoms with Gasteiger partial charge < -0.3 is 20.0 Å². The molecule has 3 N–H and O–H groups in total. The normalized spacial score (nSPS) is 11.0. The van der Waals surface area contributed by atoms with E-state index in [-0.39, 0.29) is 0 Å². The van der Waals surface area contributed by atoms with Crippen molar-refractivity contribution in [3.63, 3.8) is 0 Å². The van der Waals surface area contributed by atoms with Gasteiger partial charge in [-0.15, -0.1) is 0 Å². The van der Waals surface area contributed by atoms with E-state index in [4.69, 9.17) is 4.42 Å². The van der Waals surface area contributed by atoms with Crippen molar-refractivity contribution < 1.29 is 4.42 Å². The maximum atomic E-state index is 11.4. The molecule has 0 saturated carbocycles. The summed E-state index contributed by atoms with van der Waals surface area (Å²) in [6, 6.07) is 9.55. The van der Waals surface area contributed by atoms with Gasteiger partial charge in [-0.05, 0) is 62.2 Å². The minimum atomic E-state index is -0.475. The molecule has 0 aliphatic rings. The zero-order chi connectivity index (χ0) is 21.4. The largest absolute Gasteiger partial charge is 0.417 e. The minimum Gasteiger partial charge on any atom is -0.408 e. The number of fused-ring (bicyclic) bond motifs is 1. The summed E-state index contributed by atoms with van der Waals surface area (Å²) in [4.78, 5) is 25.2. The summed E-state index contributed by atoms with van der Waals surface area (Å²) in [5.41, 5.74) is 7.32. The number of H-pyrrole nitrogens is 1. The van der Waals surface area contributed by atoms with E-state index >= 15 is 0 Å². The first-order valence-electron chi connectivity index (χ1n) is 9.59. The first-order valence-corrected chi connectivity index (χ1v) is 9.59. The summed E-state index contributed by atoms with van der Waals surface area (Å²) in [5, 5.41) is 6.59. The van der Waals surface area contributed by atoms with Crippen molar-refractivity contribution in [2.75, 3.05) is 29.6 Å². The molecule has 30 heavy (non-hydrogen) atoms. The molecule has 0 unspecified atom stereocenters. The second-order valence-corrected chi connectivity index (χ2v) is 7.53. The van der Waals surface area contributed by atoms with Crippen LogP contribution in [0.25, 0.3) is 11.1 Å². The molecule has 8 heteroatoms. The van der Waals surface area contributed by atoms with E-state index in [0.29, 0.717) is 22.9 Å². The van der Waals surface area contributed by atoms with Crippen LogP contribution in [0.5, 0.6) is 0 Å². The summed E-state index contributed by atoms with van der Waals surface area (Å²) >= 11 is 0. The van der Waals surface area contributed by atoms with Crippen LogP contribution in [0.15, 0.2) is 45.7 Å². The average Bonchev–Trinajstić information content (AvgIpc) is 3.06. The SMILES string of the molecule is Cc1cnc(Nc2cc(C)c(C)c(N(C)C)c2)nc1Nc1ccc2oc(=O)[nH]c2c1. The van der Waals surface area contributed by atoms with Crippen LogP contribution in [0.2, 0.25) is 0 Å². The highest BCUT2D eigenvalue weighted by Crippen LogP contribution is 2.28. The zero-order valence-electron chi connectivity index (χ0n) is 17.6. The molecule has 0 radical (unpaired) electrons. The molecule has 0 fully saturated rings. The maximum Gasteiger partial charge on any atom is 0.417 e. The Labute approximate surface area is 174 Å². The molecule has 0 bridgehead atoms. The van der Waals surface area contributed by atoms with E-state index in [2.05, 4.69) is 56.5 Å². The van der Waals surface area contributed by atoms with Gasteiger partial charge in [0.25, 0.3) is 0 Å². The Morgan fingerprint density at radius 3 is 2.57 bits per heavy atom. The minimum absolute atomic E-state index is 0.475. The quantitative estimate of drug-likeness (QED) is 0.454. The summed E-state index contributed by atoms with van der Waals surface area (Å²) in [6.45, 7) is 6.14. The lowest BCUT2D eigenvalue weighted by Gasteiger charge is -2.19.